The summed E-state index contributed by atoms with van der Waals surface area (Å²) in [4.78, 5) is 33.0. The van der Waals surface area contributed by atoms with Crippen molar-refractivity contribution in [3.8, 4) is 6.07 Å². The standard InChI is InChI=1S/C13H14N4O2S2/c1-8(18)21-7-9-3-11(19)17(6-9)12-10(4-14)5-15-13(16-12)20-2/h5,9H,3,6-7H2,1-2H3. The molecular weight excluding hydrogens is 308 g/mol. The van der Waals surface area contributed by atoms with Crippen molar-refractivity contribution in [2.45, 2.75) is 18.5 Å². The lowest BCUT2D eigenvalue weighted by molar-refractivity contribution is -0.117. The molecular formula is C13H14N4O2S2. The first-order valence-electron chi connectivity index (χ1n) is 6.30. The van der Waals surface area contributed by atoms with Crippen LogP contribution in [-0.4, -0.2) is 39.5 Å². The fraction of sp³-hybridized carbons (Fsp3) is 0.462. The molecule has 0 bridgehead atoms. The molecule has 0 N–H and O–H groups in total. The first-order chi connectivity index (χ1) is 10.0. The van der Waals surface area contributed by atoms with Crippen LogP contribution in [0.1, 0.15) is 18.9 Å². The van der Waals surface area contributed by atoms with Crippen LogP contribution in [0.15, 0.2) is 11.4 Å². The van der Waals surface area contributed by atoms with Gasteiger partial charge in [0.1, 0.15) is 11.6 Å². The van der Waals surface area contributed by atoms with Gasteiger partial charge in [-0.3, -0.25) is 14.5 Å². The number of hydrogen-bond donors (Lipinski definition) is 0. The highest BCUT2D eigenvalue weighted by Crippen LogP contribution is 2.29. The summed E-state index contributed by atoms with van der Waals surface area (Å²) in [7, 11) is 0. The van der Waals surface area contributed by atoms with E-state index in [2.05, 4.69) is 9.97 Å². The van der Waals surface area contributed by atoms with Crippen molar-refractivity contribution >= 4 is 40.4 Å². The molecule has 1 atom stereocenters. The number of aromatic nitrogens is 2. The van der Waals surface area contributed by atoms with Gasteiger partial charge in [-0.25, -0.2) is 9.97 Å². The van der Waals surface area contributed by atoms with Crippen LogP contribution >= 0.6 is 23.5 Å². The monoisotopic (exact) mass is 322 g/mol. The molecule has 1 fully saturated rings. The highest BCUT2D eigenvalue weighted by atomic mass is 32.2. The number of hydrogen-bond acceptors (Lipinski definition) is 7. The number of thioether (sulfide) groups is 2. The van der Waals surface area contributed by atoms with Gasteiger partial charge in [0.15, 0.2) is 16.1 Å². The van der Waals surface area contributed by atoms with Gasteiger partial charge in [0, 0.05) is 25.6 Å². The largest absolute Gasteiger partial charge is 0.295 e. The van der Waals surface area contributed by atoms with Crippen molar-refractivity contribution in [3.05, 3.63) is 11.8 Å². The topological polar surface area (TPSA) is 87.0 Å². The van der Waals surface area contributed by atoms with Gasteiger partial charge in [0.2, 0.25) is 5.91 Å². The van der Waals surface area contributed by atoms with Crippen molar-refractivity contribution in [3.63, 3.8) is 0 Å². The molecule has 110 valence electrons. The van der Waals surface area contributed by atoms with E-state index in [9.17, 15) is 9.59 Å². The second-order valence-electron chi connectivity index (χ2n) is 4.58. The Hall–Kier alpha value is -1.59. The quantitative estimate of drug-likeness (QED) is 0.616. The summed E-state index contributed by atoms with van der Waals surface area (Å²) >= 11 is 2.58. The number of nitriles is 1. The molecule has 1 amide bonds. The summed E-state index contributed by atoms with van der Waals surface area (Å²) in [5.74, 6) is 1.02. The van der Waals surface area contributed by atoms with Gasteiger partial charge in [0.05, 0.1) is 6.20 Å². The molecule has 1 saturated heterocycles. The van der Waals surface area contributed by atoms with Crippen LogP contribution < -0.4 is 4.90 Å². The zero-order chi connectivity index (χ0) is 15.4. The maximum Gasteiger partial charge on any atom is 0.228 e. The molecule has 2 rings (SSSR count). The number of nitrogens with zero attached hydrogens (tertiary/aromatic N) is 4. The maximum atomic E-state index is 12.2. The zero-order valence-corrected chi connectivity index (χ0v) is 13.3. The van der Waals surface area contributed by atoms with Gasteiger partial charge >= 0.3 is 0 Å². The minimum absolute atomic E-state index is 0.0466. The molecule has 0 radical (unpaired) electrons. The lowest BCUT2D eigenvalue weighted by Crippen LogP contribution is -2.27. The molecule has 1 aromatic heterocycles. The molecule has 21 heavy (non-hydrogen) atoms. The Morgan fingerprint density at radius 3 is 3.00 bits per heavy atom. The number of rotatable bonds is 4. The van der Waals surface area contributed by atoms with E-state index in [1.807, 2.05) is 12.3 Å². The van der Waals surface area contributed by atoms with Gasteiger partial charge in [-0.1, -0.05) is 23.5 Å². The Bertz CT molecular complexity index is 615. The first-order valence-corrected chi connectivity index (χ1v) is 8.51. The van der Waals surface area contributed by atoms with Crippen LogP contribution in [0.5, 0.6) is 0 Å². The number of amides is 1. The molecule has 2 heterocycles. The third-order valence-corrected chi connectivity index (χ3v) is 4.64. The van der Waals surface area contributed by atoms with Crippen LogP contribution in [-0.2, 0) is 9.59 Å². The maximum absolute atomic E-state index is 12.2. The Morgan fingerprint density at radius 1 is 1.62 bits per heavy atom. The Balaban J connectivity index is 2.20. The van der Waals surface area contributed by atoms with Gasteiger partial charge in [-0.05, 0) is 12.2 Å². The molecule has 0 aromatic carbocycles. The smallest absolute Gasteiger partial charge is 0.228 e. The minimum atomic E-state index is -0.0635. The van der Waals surface area contributed by atoms with Crippen LogP contribution in [0.2, 0.25) is 0 Å². The fourth-order valence-corrected chi connectivity index (χ4v) is 3.10. The Labute approximate surface area is 131 Å². The van der Waals surface area contributed by atoms with Crippen LogP contribution in [0.25, 0.3) is 0 Å². The normalized spacial score (nSPS) is 17.9. The average molecular weight is 322 g/mol. The molecule has 1 aliphatic heterocycles. The Kier molecular flexibility index (Phi) is 5.20. The summed E-state index contributed by atoms with van der Waals surface area (Å²) in [6.07, 6.45) is 3.66. The van der Waals surface area contributed by atoms with Crippen LogP contribution in [0.3, 0.4) is 0 Å². The minimum Gasteiger partial charge on any atom is -0.295 e. The van der Waals surface area contributed by atoms with Crippen molar-refractivity contribution < 1.29 is 9.59 Å². The molecule has 0 aliphatic carbocycles. The number of anilines is 1. The van der Waals surface area contributed by atoms with Crippen LogP contribution in [0.4, 0.5) is 5.82 Å². The summed E-state index contributed by atoms with van der Waals surface area (Å²) in [6, 6.07) is 2.02. The second kappa shape index (κ2) is 6.91. The van der Waals surface area contributed by atoms with Gasteiger partial charge in [-0.15, -0.1) is 0 Å². The number of carbonyl (C=O) groups excluding carboxylic acids is 2. The summed E-state index contributed by atoms with van der Waals surface area (Å²) in [5, 5.41) is 9.72. The van der Waals surface area contributed by atoms with Crippen molar-refractivity contribution in [2.75, 3.05) is 23.5 Å². The lowest BCUT2D eigenvalue weighted by Gasteiger charge is -2.17. The summed E-state index contributed by atoms with van der Waals surface area (Å²) < 4.78 is 0. The van der Waals surface area contributed by atoms with Gasteiger partial charge < -0.3 is 0 Å². The van der Waals surface area contributed by atoms with Gasteiger partial charge in [0.25, 0.3) is 0 Å². The predicted octanol–water partition coefficient (Wildman–Crippen LogP) is 1.70. The summed E-state index contributed by atoms with van der Waals surface area (Å²) in [5.41, 5.74) is 0.293. The zero-order valence-electron chi connectivity index (χ0n) is 11.7. The van der Waals surface area contributed by atoms with Crippen LogP contribution in [0, 0.1) is 17.2 Å². The molecule has 6 nitrogen and oxygen atoms in total. The molecule has 1 unspecified atom stereocenters. The molecule has 0 spiro atoms. The van der Waals surface area contributed by atoms with Crippen molar-refractivity contribution in [1.29, 1.82) is 5.26 Å². The third kappa shape index (κ3) is 3.74. The highest BCUT2D eigenvalue weighted by molar-refractivity contribution is 8.13. The van der Waals surface area contributed by atoms with Crippen molar-refractivity contribution in [2.24, 2.45) is 5.92 Å². The van der Waals surface area contributed by atoms with E-state index in [1.165, 1.54) is 41.5 Å². The van der Waals surface area contributed by atoms with E-state index in [0.717, 1.165) is 0 Å². The van der Waals surface area contributed by atoms with Gasteiger partial charge in [-0.2, -0.15) is 5.26 Å². The SMILES string of the molecule is CSc1ncc(C#N)c(N2CC(CSC(C)=O)CC2=O)n1. The van der Waals surface area contributed by atoms with E-state index < -0.39 is 0 Å². The molecule has 8 heteroatoms. The van der Waals surface area contributed by atoms with E-state index in [4.69, 9.17) is 5.26 Å². The first kappa shape index (κ1) is 15.8. The molecule has 0 saturated carbocycles. The predicted molar refractivity (Wildman–Crippen MR) is 82.1 cm³/mol. The second-order valence-corrected chi connectivity index (χ2v) is 6.55. The highest BCUT2D eigenvalue weighted by Gasteiger charge is 2.33. The Morgan fingerprint density at radius 2 is 2.38 bits per heavy atom. The van der Waals surface area contributed by atoms with Crippen molar-refractivity contribution in [1.82, 2.24) is 9.97 Å². The molecule has 1 aromatic rings. The average Bonchev–Trinajstić information content (AvgIpc) is 2.85. The van der Waals surface area contributed by atoms with E-state index in [1.54, 1.807) is 0 Å². The van der Waals surface area contributed by atoms with E-state index in [-0.39, 0.29) is 16.9 Å². The lowest BCUT2D eigenvalue weighted by atomic mass is 10.1. The van der Waals surface area contributed by atoms with E-state index >= 15 is 0 Å². The third-order valence-electron chi connectivity index (χ3n) is 3.03. The fourth-order valence-electron chi connectivity index (χ4n) is 2.07. The molecule has 1 aliphatic rings. The number of carbonyl (C=O) groups is 2. The van der Waals surface area contributed by atoms with E-state index in [0.29, 0.717) is 35.3 Å². The summed E-state index contributed by atoms with van der Waals surface area (Å²) in [6.45, 7) is 2.00.